The first kappa shape index (κ1) is 12.4. The first-order valence-corrected chi connectivity index (χ1v) is 6.00. The fourth-order valence-corrected chi connectivity index (χ4v) is 1.68. The van der Waals surface area contributed by atoms with E-state index in [1.165, 1.54) is 18.2 Å². The Bertz CT molecular complexity index is 520. The van der Waals surface area contributed by atoms with E-state index in [2.05, 4.69) is 30.2 Å². The highest BCUT2D eigenvalue weighted by molar-refractivity contribution is 6.02. The Morgan fingerprint density at radius 2 is 2.33 bits per heavy atom. The SMILES string of the molecule is CCC(C)c1cccc(NC(=O)c2cnco2)c1. The predicted octanol–water partition coefficient (Wildman–Crippen LogP) is 3.44. The summed E-state index contributed by atoms with van der Waals surface area (Å²) in [6, 6.07) is 7.86. The van der Waals surface area contributed by atoms with Gasteiger partial charge in [0, 0.05) is 5.69 Å². The van der Waals surface area contributed by atoms with E-state index >= 15 is 0 Å². The van der Waals surface area contributed by atoms with Gasteiger partial charge in [0.25, 0.3) is 5.91 Å². The van der Waals surface area contributed by atoms with Crippen molar-refractivity contribution < 1.29 is 9.21 Å². The zero-order valence-electron chi connectivity index (χ0n) is 10.5. The van der Waals surface area contributed by atoms with Crippen molar-refractivity contribution in [2.75, 3.05) is 5.32 Å². The molecule has 4 nitrogen and oxygen atoms in total. The van der Waals surface area contributed by atoms with Crippen LogP contribution in [0.5, 0.6) is 0 Å². The van der Waals surface area contributed by atoms with Crippen LogP contribution in [0.15, 0.2) is 41.3 Å². The summed E-state index contributed by atoms with van der Waals surface area (Å²) >= 11 is 0. The first-order chi connectivity index (χ1) is 8.70. The number of carbonyl (C=O) groups is 1. The molecule has 1 unspecified atom stereocenters. The van der Waals surface area contributed by atoms with Crippen LogP contribution in [-0.2, 0) is 0 Å². The summed E-state index contributed by atoms with van der Waals surface area (Å²) in [7, 11) is 0. The number of anilines is 1. The Balaban J connectivity index is 2.12. The van der Waals surface area contributed by atoms with Gasteiger partial charge >= 0.3 is 0 Å². The molecular formula is C14H16N2O2. The molecule has 0 bridgehead atoms. The molecule has 0 saturated carbocycles. The summed E-state index contributed by atoms with van der Waals surface area (Å²) in [5.41, 5.74) is 1.99. The van der Waals surface area contributed by atoms with Gasteiger partial charge in [-0.3, -0.25) is 4.79 Å². The van der Waals surface area contributed by atoms with E-state index in [4.69, 9.17) is 4.42 Å². The van der Waals surface area contributed by atoms with Crippen molar-refractivity contribution in [3.63, 3.8) is 0 Å². The molecule has 18 heavy (non-hydrogen) atoms. The van der Waals surface area contributed by atoms with Gasteiger partial charge in [-0.05, 0) is 30.0 Å². The molecule has 0 fully saturated rings. The van der Waals surface area contributed by atoms with Gasteiger partial charge in [0.1, 0.15) is 0 Å². The lowest BCUT2D eigenvalue weighted by Crippen LogP contribution is -2.11. The van der Waals surface area contributed by atoms with Crippen LogP contribution in [0, 0.1) is 0 Å². The van der Waals surface area contributed by atoms with Gasteiger partial charge in [-0.2, -0.15) is 0 Å². The van der Waals surface area contributed by atoms with Crippen molar-refractivity contribution in [3.8, 4) is 0 Å². The molecule has 0 radical (unpaired) electrons. The molecule has 1 atom stereocenters. The van der Waals surface area contributed by atoms with Gasteiger partial charge in [-0.15, -0.1) is 0 Å². The second-order valence-electron chi connectivity index (χ2n) is 4.25. The fraction of sp³-hybridized carbons (Fsp3) is 0.286. The van der Waals surface area contributed by atoms with Crippen LogP contribution in [0.2, 0.25) is 0 Å². The van der Waals surface area contributed by atoms with Crippen LogP contribution in [0.25, 0.3) is 0 Å². The Kier molecular flexibility index (Phi) is 3.77. The van der Waals surface area contributed by atoms with Crippen LogP contribution in [0.3, 0.4) is 0 Å². The van der Waals surface area contributed by atoms with Gasteiger partial charge in [-0.1, -0.05) is 26.0 Å². The lowest BCUT2D eigenvalue weighted by molar-refractivity contribution is 0.0996. The van der Waals surface area contributed by atoms with Gasteiger partial charge in [-0.25, -0.2) is 4.98 Å². The van der Waals surface area contributed by atoms with E-state index in [0.29, 0.717) is 5.92 Å². The molecule has 1 heterocycles. The van der Waals surface area contributed by atoms with E-state index in [-0.39, 0.29) is 11.7 Å². The molecule has 1 N–H and O–H groups in total. The van der Waals surface area contributed by atoms with Crippen molar-refractivity contribution in [1.82, 2.24) is 4.98 Å². The maximum absolute atomic E-state index is 11.8. The smallest absolute Gasteiger partial charge is 0.293 e. The lowest BCUT2D eigenvalue weighted by Gasteiger charge is -2.11. The number of amides is 1. The third kappa shape index (κ3) is 2.77. The van der Waals surface area contributed by atoms with Crippen molar-refractivity contribution in [2.24, 2.45) is 0 Å². The summed E-state index contributed by atoms with van der Waals surface area (Å²) in [4.78, 5) is 15.5. The predicted molar refractivity (Wildman–Crippen MR) is 69.6 cm³/mol. The van der Waals surface area contributed by atoms with E-state index in [9.17, 15) is 4.79 Å². The summed E-state index contributed by atoms with van der Waals surface area (Å²) in [6.45, 7) is 4.31. The Hall–Kier alpha value is -2.10. The largest absolute Gasteiger partial charge is 0.438 e. The van der Waals surface area contributed by atoms with Gasteiger partial charge in [0.15, 0.2) is 6.39 Å². The normalized spacial score (nSPS) is 12.1. The number of aromatic nitrogens is 1. The summed E-state index contributed by atoms with van der Waals surface area (Å²) < 4.78 is 4.94. The molecular weight excluding hydrogens is 228 g/mol. The summed E-state index contributed by atoms with van der Waals surface area (Å²) in [5, 5.41) is 2.79. The van der Waals surface area contributed by atoms with E-state index in [1.807, 2.05) is 18.2 Å². The van der Waals surface area contributed by atoms with E-state index in [0.717, 1.165) is 12.1 Å². The third-order valence-electron chi connectivity index (χ3n) is 2.98. The molecule has 4 heteroatoms. The van der Waals surface area contributed by atoms with Gasteiger partial charge in [0.2, 0.25) is 5.76 Å². The minimum absolute atomic E-state index is 0.212. The highest BCUT2D eigenvalue weighted by Crippen LogP contribution is 2.21. The van der Waals surface area contributed by atoms with Crippen molar-refractivity contribution >= 4 is 11.6 Å². The lowest BCUT2D eigenvalue weighted by atomic mass is 9.98. The molecule has 1 aromatic heterocycles. The molecule has 1 amide bonds. The van der Waals surface area contributed by atoms with Gasteiger partial charge < -0.3 is 9.73 Å². The number of nitrogens with one attached hydrogen (secondary N) is 1. The Labute approximate surface area is 106 Å². The second kappa shape index (κ2) is 5.49. The molecule has 0 aliphatic heterocycles. The number of hydrogen-bond donors (Lipinski definition) is 1. The van der Waals surface area contributed by atoms with E-state index in [1.54, 1.807) is 0 Å². The molecule has 2 rings (SSSR count). The number of hydrogen-bond acceptors (Lipinski definition) is 3. The fourth-order valence-electron chi connectivity index (χ4n) is 1.68. The van der Waals surface area contributed by atoms with Crippen molar-refractivity contribution in [1.29, 1.82) is 0 Å². The molecule has 0 aliphatic carbocycles. The van der Waals surface area contributed by atoms with E-state index < -0.39 is 0 Å². The third-order valence-corrected chi connectivity index (χ3v) is 2.98. The van der Waals surface area contributed by atoms with Crippen molar-refractivity contribution in [2.45, 2.75) is 26.2 Å². The zero-order chi connectivity index (χ0) is 13.0. The highest BCUT2D eigenvalue weighted by Gasteiger charge is 2.10. The Morgan fingerprint density at radius 3 is 3.00 bits per heavy atom. The quantitative estimate of drug-likeness (QED) is 0.896. The van der Waals surface area contributed by atoms with Crippen molar-refractivity contribution in [3.05, 3.63) is 48.2 Å². The van der Waals surface area contributed by atoms with Gasteiger partial charge in [0.05, 0.1) is 6.20 Å². The minimum atomic E-state index is -0.284. The monoisotopic (exact) mass is 244 g/mol. The highest BCUT2D eigenvalue weighted by atomic mass is 16.3. The molecule has 2 aromatic rings. The molecule has 0 aliphatic rings. The number of rotatable bonds is 4. The van der Waals surface area contributed by atoms with Crippen LogP contribution in [-0.4, -0.2) is 10.9 Å². The topological polar surface area (TPSA) is 55.1 Å². The molecule has 0 spiro atoms. The number of nitrogens with zero attached hydrogens (tertiary/aromatic N) is 1. The standard InChI is InChI=1S/C14H16N2O2/c1-3-10(2)11-5-4-6-12(7-11)16-14(17)13-8-15-9-18-13/h4-10H,3H2,1-2H3,(H,16,17). The molecule has 94 valence electrons. The summed E-state index contributed by atoms with van der Waals surface area (Å²) in [5.74, 6) is 0.407. The number of oxazole rings is 1. The van der Waals surface area contributed by atoms with Crippen LogP contribution >= 0.6 is 0 Å². The summed E-state index contributed by atoms with van der Waals surface area (Å²) in [6.07, 6.45) is 3.71. The number of carbonyl (C=O) groups excluding carboxylic acids is 1. The molecule has 1 aromatic carbocycles. The maximum Gasteiger partial charge on any atom is 0.293 e. The zero-order valence-corrected chi connectivity index (χ0v) is 10.5. The second-order valence-corrected chi connectivity index (χ2v) is 4.25. The average Bonchev–Trinajstić information content (AvgIpc) is 2.92. The maximum atomic E-state index is 11.8. The van der Waals surface area contributed by atoms with Crippen LogP contribution in [0.1, 0.15) is 42.3 Å². The minimum Gasteiger partial charge on any atom is -0.438 e. The number of benzene rings is 1. The molecule has 0 saturated heterocycles. The average molecular weight is 244 g/mol. The van der Waals surface area contributed by atoms with Crippen LogP contribution in [0.4, 0.5) is 5.69 Å². The Morgan fingerprint density at radius 1 is 1.50 bits per heavy atom. The van der Waals surface area contributed by atoms with Crippen LogP contribution < -0.4 is 5.32 Å². The first-order valence-electron chi connectivity index (χ1n) is 6.00.